The van der Waals surface area contributed by atoms with Crippen LogP contribution in [-0.4, -0.2) is 18.2 Å². The molecule has 1 aromatic heterocycles. The Hall–Kier alpha value is -1.93. The van der Waals surface area contributed by atoms with Gasteiger partial charge in [0.1, 0.15) is 16.5 Å². The molecule has 0 atom stereocenters. The van der Waals surface area contributed by atoms with Crippen molar-refractivity contribution >= 4 is 15.8 Å². The molecule has 0 aliphatic heterocycles. The van der Waals surface area contributed by atoms with Gasteiger partial charge in [0.2, 0.25) is 10.0 Å². The third-order valence-electron chi connectivity index (χ3n) is 2.62. The van der Waals surface area contributed by atoms with Gasteiger partial charge in [-0.2, -0.15) is 5.10 Å². The fraction of sp³-hybridized carbons (Fsp3) is 0.182. The summed E-state index contributed by atoms with van der Waals surface area (Å²) >= 11 is 0. The summed E-state index contributed by atoms with van der Waals surface area (Å²) in [6.07, 6.45) is 1.18. The van der Waals surface area contributed by atoms with Crippen molar-refractivity contribution in [3.05, 3.63) is 41.8 Å². The molecule has 0 amide bonds. The van der Waals surface area contributed by atoms with Gasteiger partial charge in [0, 0.05) is 13.6 Å². The lowest BCUT2D eigenvalue weighted by atomic mass is 10.2. The number of nitrogens with one attached hydrogen (secondary N) is 1. The van der Waals surface area contributed by atoms with Crippen LogP contribution in [0.15, 0.2) is 35.4 Å². The monoisotopic (exact) mass is 284 g/mol. The van der Waals surface area contributed by atoms with Gasteiger partial charge in [-0.05, 0) is 17.7 Å². The van der Waals surface area contributed by atoms with Crippen molar-refractivity contribution in [3.63, 3.8) is 0 Å². The number of sulfonamides is 1. The fourth-order valence-corrected chi connectivity index (χ4v) is 2.60. The van der Waals surface area contributed by atoms with Crippen LogP contribution in [0.25, 0.3) is 0 Å². The molecule has 0 radical (unpaired) electrons. The van der Waals surface area contributed by atoms with Crippen molar-refractivity contribution < 1.29 is 12.8 Å². The van der Waals surface area contributed by atoms with Crippen LogP contribution in [0.2, 0.25) is 0 Å². The molecule has 0 aliphatic carbocycles. The third kappa shape index (κ3) is 2.91. The molecule has 1 heterocycles. The van der Waals surface area contributed by atoms with Gasteiger partial charge in [0.15, 0.2) is 0 Å². The van der Waals surface area contributed by atoms with Crippen LogP contribution < -0.4 is 10.5 Å². The summed E-state index contributed by atoms with van der Waals surface area (Å²) in [5.41, 5.74) is 6.26. The summed E-state index contributed by atoms with van der Waals surface area (Å²) in [5.74, 6) is -0.310. The van der Waals surface area contributed by atoms with E-state index in [2.05, 4.69) is 9.82 Å². The van der Waals surface area contributed by atoms with Gasteiger partial charge in [0.05, 0.1) is 6.20 Å². The first-order valence-electron chi connectivity index (χ1n) is 5.42. The number of rotatable bonds is 4. The molecular formula is C11H13FN4O2S. The molecule has 0 unspecified atom stereocenters. The smallest absolute Gasteiger partial charge is 0.246 e. The number of nitrogens with zero attached hydrogens (tertiary/aromatic N) is 2. The van der Waals surface area contributed by atoms with E-state index in [9.17, 15) is 12.8 Å². The Morgan fingerprint density at radius 2 is 2.00 bits per heavy atom. The lowest BCUT2D eigenvalue weighted by Gasteiger charge is -2.06. The quantitative estimate of drug-likeness (QED) is 0.861. The second-order valence-corrected chi connectivity index (χ2v) is 5.70. The maximum Gasteiger partial charge on any atom is 0.246 e. The van der Waals surface area contributed by atoms with Crippen molar-refractivity contribution in [2.45, 2.75) is 11.4 Å². The van der Waals surface area contributed by atoms with Crippen molar-refractivity contribution in [2.24, 2.45) is 7.05 Å². The number of nitrogens with two attached hydrogens (primary N) is 1. The molecular weight excluding hydrogens is 271 g/mol. The number of benzene rings is 1. The van der Waals surface area contributed by atoms with Crippen LogP contribution in [0.5, 0.6) is 0 Å². The van der Waals surface area contributed by atoms with E-state index < -0.39 is 10.0 Å². The van der Waals surface area contributed by atoms with Crippen molar-refractivity contribution in [3.8, 4) is 0 Å². The highest BCUT2D eigenvalue weighted by atomic mass is 32.2. The van der Waals surface area contributed by atoms with Gasteiger partial charge in [0.25, 0.3) is 0 Å². The van der Waals surface area contributed by atoms with E-state index in [1.807, 2.05) is 0 Å². The Balaban J connectivity index is 2.14. The summed E-state index contributed by atoms with van der Waals surface area (Å²) in [6.45, 7) is 0.0525. The molecule has 1 aromatic carbocycles. The van der Waals surface area contributed by atoms with Gasteiger partial charge in [-0.1, -0.05) is 12.1 Å². The summed E-state index contributed by atoms with van der Waals surface area (Å²) in [6, 6.07) is 5.54. The number of hydrogen-bond acceptors (Lipinski definition) is 4. The molecule has 8 heteroatoms. The van der Waals surface area contributed by atoms with Crippen molar-refractivity contribution in [2.75, 3.05) is 5.73 Å². The molecule has 2 aromatic rings. The topological polar surface area (TPSA) is 90.0 Å². The zero-order chi connectivity index (χ0) is 14.0. The van der Waals surface area contributed by atoms with Crippen molar-refractivity contribution in [1.29, 1.82) is 0 Å². The minimum absolute atomic E-state index is 0.0525. The van der Waals surface area contributed by atoms with Gasteiger partial charge >= 0.3 is 0 Å². The summed E-state index contributed by atoms with van der Waals surface area (Å²) in [4.78, 5) is -0.0721. The Bertz CT molecular complexity index is 679. The van der Waals surface area contributed by atoms with Crippen LogP contribution in [-0.2, 0) is 23.6 Å². The number of aryl methyl sites for hydroxylation is 1. The molecule has 102 valence electrons. The van der Waals surface area contributed by atoms with Gasteiger partial charge in [-0.3, -0.25) is 4.68 Å². The maximum absolute atomic E-state index is 12.7. The highest BCUT2D eigenvalue weighted by Gasteiger charge is 2.20. The average molecular weight is 284 g/mol. The molecule has 3 N–H and O–H groups in total. The maximum atomic E-state index is 12.7. The molecule has 0 fully saturated rings. The minimum atomic E-state index is -3.73. The summed E-state index contributed by atoms with van der Waals surface area (Å²) < 4.78 is 40.3. The Kier molecular flexibility index (Phi) is 3.54. The molecule has 0 aliphatic rings. The molecule has 2 rings (SSSR count). The molecule has 6 nitrogen and oxygen atoms in total. The lowest BCUT2D eigenvalue weighted by Crippen LogP contribution is -2.23. The van der Waals surface area contributed by atoms with E-state index in [4.69, 9.17) is 5.73 Å². The fourth-order valence-electron chi connectivity index (χ4n) is 1.49. The number of hydrogen-bond donors (Lipinski definition) is 2. The number of aromatic nitrogens is 2. The number of halogens is 1. The first-order valence-corrected chi connectivity index (χ1v) is 6.90. The summed E-state index contributed by atoms with van der Waals surface area (Å²) in [7, 11) is -2.18. The highest BCUT2D eigenvalue weighted by Crippen LogP contribution is 2.16. The van der Waals surface area contributed by atoms with E-state index >= 15 is 0 Å². The molecule has 0 spiro atoms. The van der Waals surface area contributed by atoms with Crippen LogP contribution in [0.3, 0.4) is 0 Å². The Labute approximate surface area is 110 Å². The van der Waals surface area contributed by atoms with Crippen molar-refractivity contribution in [1.82, 2.24) is 14.5 Å². The normalized spacial score (nSPS) is 11.7. The van der Waals surface area contributed by atoms with Gasteiger partial charge in [-0.25, -0.2) is 17.5 Å². The van der Waals surface area contributed by atoms with Crippen LogP contribution in [0.4, 0.5) is 10.2 Å². The lowest BCUT2D eigenvalue weighted by molar-refractivity contribution is 0.581. The number of nitrogen functional groups attached to an aromatic ring is 1. The first-order chi connectivity index (χ1) is 8.90. The zero-order valence-corrected chi connectivity index (χ0v) is 11.0. The molecule has 0 bridgehead atoms. The second kappa shape index (κ2) is 4.98. The highest BCUT2D eigenvalue weighted by molar-refractivity contribution is 7.89. The van der Waals surface area contributed by atoms with E-state index in [1.54, 1.807) is 7.05 Å². The largest absolute Gasteiger partial charge is 0.383 e. The minimum Gasteiger partial charge on any atom is -0.383 e. The van der Waals surface area contributed by atoms with E-state index in [0.717, 1.165) is 0 Å². The summed E-state index contributed by atoms with van der Waals surface area (Å²) in [5, 5.41) is 3.77. The van der Waals surface area contributed by atoms with Gasteiger partial charge in [-0.15, -0.1) is 0 Å². The van der Waals surface area contributed by atoms with Crippen LogP contribution in [0, 0.1) is 5.82 Å². The molecule has 19 heavy (non-hydrogen) atoms. The molecule has 0 saturated heterocycles. The van der Waals surface area contributed by atoms with E-state index in [-0.39, 0.29) is 23.1 Å². The predicted octanol–water partition coefficient (Wildman–Crippen LogP) is 0.620. The Morgan fingerprint density at radius 1 is 1.37 bits per heavy atom. The number of anilines is 1. The van der Waals surface area contributed by atoms with Crippen LogP contribution in [0.1, 0.15) is 5.56 Å². The zero-order valence-electron chi connectivity index (χ0n) is 10.2. The van der Waals surface area contributed by atoms with Crippen LogP contribution >= 0.6 is 0 Å². The van der Waals surface area contributed by atoms with Gasteiger partial charge < -0.3 is 5.73 Å². The SMILES string of the molecule is Cn1ncc(S(=O)(=O)NCc2ccc(F)cc2)c1N. The predicted molar refractivity (Wildman–Crippen MR) is 68.0 cm³/mol. The Morgan fingerprint density at radius 3 is 2.53 bits per heavy atom. The average Bonchev–Trinajstić information content (AvgIpc) is 2.70. The first kappa shape index (κ1) is 13.5. The third-order valence-corrected chi connectivity index (χ3v) is 4.04. The van der Waals surface area contributed by atoms with E-state index in [0.29, 0.717) is 5.56 Å². The standard InChI is InChI=1S/C11H13FN4O2S/c1-16-11(13)10(7-14-16)19(17,18)15-6-8-2-4-9(12)5-3-8/h2-5,7,15H,6,13H2,1H3. The van der Waals surface area contributed by atoms with E-state index in [1.165, 1.54) is 35.1 Å². The second-order valence-electron chi connectivity index (χ2n) is 3.97. The molecule has 0 saturated carbocycles.